The molecule has 1 aliphatic heterocycles. The van der Waals surface area contributed by atoms with E-state index in [1.165, 1.54) is 0 Å². The Bertz CT molecular complexity index is 1150. The lowest BCUT2D eigenvalue weighted by molar-refractivity contribution is 0.102. The summed E-state index contributed by atoms with van der Waals surface area (Å²) in [5, 5.41) is 7.13. The Hall–Kier alpha value is -2.46. The molecule has 0 radical (unpaired) electrons. The molecule has 1 aromatic carbocycles. The van der Waals surface area contributed by atoms with Gasteiger partial charge >= 0.3 is 5.76 Å². The van der Waals surface area contributed by atoms with Crippen molar-refractivity contribution < 1.29 is 9.32 Å². The van der Waals surface area contributed by atoms with Gasteiger partial charge in [0, 0.05) is 30.4 Å². The normalized spacial score (nSPS) is 14.4. The first-order valence-corrected chi connectivity index (χ1v) is 10.1. The van der Waals surface area contributed by atoms with Gasteiger partial charge in [0.15, 0.2) is 5.82 Å². The van der Waals surface area contributed by atoms with E-state index in [4.69, 9.17) is 28.9 Å². The number of amides is 1. The van der Waals surface area contributed by atoms with Crippen LogP contribution in [0.15, 0.2) is 27.5 Å². The summed E-state index contributed by atoms with van der Waals surface area (Å²) in [6.07, 6.45) is 1.66. The summed E-state index contributed by atoms with van der Waals surface area (Å²) < 4.78 is 4.61. The van der Waals surface area contributed by atoms with Gasteiger partial charge in [-0.3, -0.25) is 14.3 Å². The first-order chi connectivity index (χ1) is 14.3. The molecule has 0 atom stereocenters. The lowest BCUT2D eigenvalue weighted by Gasteiger charge is -2.33. The fraction of sp³-hybridized carbons (Fsp3) is 0.316. The number of rotatable bonds is 4. The van der Waals surface area contributed by atoms with Crippen molar-refractivity contribution in [2.45, 2.75) is 25.8 Å². The van der Waals surface area contributed by atoms with Crippen LogP contribution in [-0.2, 0) is 0 Å². The van der Waals surface area contributed by atoms with Crippen LogP contribution in [-0.4, -0.2) is 40.2 Å². The highest BCUT2D eigenvalue weighted by Gasteiger charge is 2.23. The van der Waals surface area contributed by atoms with E-state index in [-0.39, 0.29) is 29.2 Å². The molecule has 166 valence electrons. The van der Waals surface area contributed by atoms with Crippen molar-refractivity contribution in [2.24, 2.45) is 5.73 Å². The number of nitrogens with zero attached hydrogens (tertiary/aromatic N) is 2. The van der Waals surface area contributed by atoms with E-state index >= 15 is 0 Å². The average Bonchev–Trinajstić information content (AvgIpc) is 3.27. The molecule has 3 aromatic rings. The zero-order valence-electron chi connectivity index (χ0n) is 16.5. The van der Waals surface area contributed by atoms with Crippen LogP contribution in [0.25, 0.3) is 11.4 Å². The first kappa shape index (κ1) is 23.2. The van der Waals surface area contributed by atoms with E-state index in [9.17, 15) is 9.59 Å². The summed E-state index contributed by atoms with van der Waals surface area (Å²) in [5.41, 5.74) is 8.86. The number of nitrogens with two attached hydrogens (primary N) is 1. The quantitative estimate of drug-likeness (QED) is 0.444. The fourth-order valence-corrected chi connectivity index (χ4v) is 3.87. The van der Waals surface area contributed by atoms with Crippen molar-refractivity contribution in [3.8, 4) is 11.4 Å². The Morgan fingerprint density at radius 3 is 2.55 bits per heavy atom. The van der Waals surface area contributed by atoms with Crippen LogP contribution in [0.5, 0.6) is 0 Å². The lowest BCUT2D eigenvalue weighted by Crippen LogP contribution is -2.40. The Balaban J connectivity index is 0.00000272. The summed E-state index contributed by atoms with van der Waals surface area (Å²) in [7, 11) is 0. The maximum Gasteiger partial charge on any atom is 0.439 e. The van der Waals surface area contributed by atoms with E-state index in [2.05, 4.69) is 29.9 Å². The number of hydrogen-bond acceptors (Lipinski definition) is 6. The molecule has 3 heterocycles. The molecular formula is C19H21Cl3N6O3. The molecule has 0 aliphatic carbocycles. The fourth-order valence-electron chi connectivity index (χ4n) is 3.45. The van der Waals surface area contributed by atoms with Crippen LogP contribution in [0.4, 0.5) is 11.4 Å². The zero-order chi connectivity index (χ0) is 21.4. The molecular weight excluding hydrogens is 467 g/mol. The zero-order valence-corrected chi connectivity index (χ0v) is 18.8. The number of carbonyl (C=O) groups excluding carboxylic acids is 1. The van der Waals surface area contributed by atoms with Crippen molar-refractivity contribution in [3.63, 3.8) is 0 Å². The highest BCUT2D eigenvalue weighted by molar-refractivity contribution is 6.44. The SMILES string of the molecule is Cc1[nH]c(C(=O)Nc2ccc(-c3noc(=O)[nH]3)cc2N2CCC(N)CC2)c(Cl)c1Cl.Cl. The van der Waals surface area contributed by atoms with Gasteiger partial charge in [-0.25, -0.2) is 4.79 Å². The summed E-state index contributed by atoms with van der Waals surface area (Å²) in [5.74, 6) is -0.739. The Morgan fingerprint density at radius 1 is 1.26 bits per heavy atom. The van der Waals surface area contributed by atoms with E-state index in [0.717, 1.165) is 31.6 Å². The van der Waals surface area contributed by atoms with Gasteiger partial charge in [0.05, 0.1) is 21.4 Å². The van der Waals surface area contributed by atoms with E-state index in [1.54, 1.807) is 19.1 Å². The summed E-state index contributed by atoms with van der Waals surface area (Å²) in [6, 6.07) is 5.47. The number of hydrogen-bond donors (Lipinski definition) is 4. The standard InChI is InChI=1S/C19H20Cl2N6O3.ClH/c1-9-14(20)15(21)16(23-9)18(28)24-12-3-2-10(17-25-19(29)30-26-17)8-13(12)27-6-4-11(22)5-7-27;/h2-3,8,11,23H,4-7,22H2,1H3,(H,24,28)(H,25,26,29);1H. The number of aromatic amines is 2. The van der Waals surface area contributed by atoms with Crippen LogP contribution >= 0.6 is 35.6 Å². The highest BCUT2D eigenvalue weighted by Crippen LogP contribution is 2.34. The van der Waals surface area contributed by atoms with Crippen molar-refractivity contribution in [1.29, 1.82) is 0 Å². The smallest absolute Gasteiger partial charge is 0.370 e. The van der Waals surface area contributed by atoms with E-state index < -0.39 is 11.7 Å². The second-order valence-electron chi connectivity index (χ2n) is 7.21. The van der Waals surface area contributed by atoms with Crippen LogP contribution in [0.2, 0.25) is 10.0 Å². The molecule has 9 nitrogen and oxygen atoms in total. The highest BCUT2D eigenvalue weighted by atomic mass is 35.5. The average molecular weight is 488 g/mol. The molecule has 1 aliphatic rings. The van der Waals surface area contributed by atoms with Crippen LogP contribution in [0.1, 0.15) is 29.0 Å². The Kier molecular flexibility index (Phi) is 7.00. The number of benzene rings is 1. The maximum atomic E-state index is 12.8. The molecule has 2 aromatic heterocycles. The largest absolute Gasteiger partial charge is 0.439 e. The van der Waals surface area contributed by atoms with Crippen molar-refractivity contribution in [1.82, 2.24) is 15.1 Å². The number of carbonyl (C=O) groups is 1. The van der Waals surface area contributed by atoms with Gasteiger partial charge < -0.3 is 20.9 Å². The van der Waals surface area contributed by atoms with Gasteiger partial charge in [-0.1, -0.05) is 28.4 Å². The van der Waals surface area contributed by atoms with Gasteiger partial charge in [0.1, 0.15) is 5.69 Å². The predicted molar refractivity (Wildman–Crippen MR) is 123 cm³/mol. The van der Waals surface area contributed by atoms with Crippen molar-refractivity contribution >= 4 is 52.9 Å². The van der Waals surface area contributed by atoms with Crippen molar-refractivity contribution in [3.05, 3.63) is 50.2 Å². The third-order valence-electron chi connectivity index (χ3n) is 5.12. The molecule has 4 rings (SSSR count). The van der Waals surface area contributed by atoms with Crippen LogP contribution in [0.3, 0.4) is 0 Å². The second kappa shape index (κ2) is 9.35. The molecule has 0 unspecified atom stereocenters. The molecule has 12 heteroatoms. The third kappa shape index (κ3) is 4.74. The second-order valence-corrected chi connectivity index (χ2v) is 7.96. The summed E-state index contributed by atoms with van der Waals surface area (Å²) in [6.45, 7) is 3.20. The lowest BCUT2D eigenvalue weighted by atomic mass is 10.0. The topological polar surface area (TPSA) is 133 Å². The van der Waals surface area contributed by atoms with Crippen LogP contribution < -0.4 is 21.7 Å². The number of H-pyrrole nitrogens is 2. The van der Waals surface area contributed by atoms with Gasteiger partial charge in [0.2, 0.25) is 0 Å². The first-order valence-electron chi connectivity index (χ1n) is 9.39. The van der Waals surface area contributed by atoms with Crippen LogP contribution in [0, 0.1) is 6.92 Å². The molecule has 1 amide bonds. The molecule has 31 heavy (non-hydrogen) atoms. The number of nitrogens with one attached hydrogen (secondary N) is 3. The number of piperidine rings is 1. The monoisotopic (exact) mass is 486 g/mol. The number of aryl methyl sites for hydroxylation is 1. The third-order valence-corrected chi connectivity index (χ3v) is 6.07. The summed E-state index contributed by atoms with van der Waals surface area (Å²) in [4.78, 5) is 31.8. The molecule has 0 saturated carbocycles. The molecule has 1 fully saturated rings. The van der Waals surface area contributed by atoms with Gasteiger partial charge in [-0.15, -0.1) is 12.4 Å². The number of anilines is 2. The van der Waals surface area contributed by atoms with Gasteiger partial charge in [0.25, 0.3) is 5.91 Å². The minimum absolute atomic E-state index is 0. The molecule has 1 saturated heterocycles. The molecule has 5 N–H and O–H groups in total. The van der Waals surface area contributed by atoms with E-state index in [1.807, 2.05) is 6.07 Å². The number of aromatic nitrogens is 3. The Labute approximate surface area is 193 Å². The summed E-state index contributed by atoms with van der Waals surface area (Å²) >= 11 is 12.3. The van der Waals surface area contributed by atoms with E-state index in [0.29, 0.717) is 27.8 Å². The molecule has 0 spiro atoms. The predicted octanol–water partition coefficient (Wildman–Crippen LogP) is 3.57. The molecule has 0 bridgehead atoms. The minimum Gasteiger partial charge on any atom is -0.370 e. The number of halogens is 3. The van der Waals surface area contributed by atoms with Crippen molar-refractivity contribution in [2.75, 3.05) is 23.3 Å². The van der Waals surface area contributed by atoms with Gasteiger partial charge in [-0.2, -0.15) is 0 Å². The minimum atomic E-state index is -0.637. The maximum absolute atomic E-state index is 12.8. The van der Waals surface area contributed by atoms with Gasteiger partial charge in [-0.05, 0) is 38.0 Å². The Morgan fingerprint density at radius 2 is 1.97 bits per heavy atom.